The van der Waals surface area contributed by atoms with Gasteiger partial charge in [0.15, 0.2) is 0 Å². The van der Waals surface area contributed by atoms with E-state index in [4.69, 9.17) is 0 Å². The number of halogens is 1. The van der Waals surface area contributed by atoms with Crippen LogP contribution in [-0.4, -0.2) is 54.8 Å². The third kappa shape index (κ3) is 4.95. The number of anilines is 2. The summed E-state index contributed by atoms with van der Waals surface area (Å²) in [7, 11) is 0. The molecule has 0 aromatic heterocycles. The lowest BCUT2D eigenvalue weighted by Crippen LogP contribution is -2.53. The molecule has 0 radical (unpaired) electrons. The van der Waals surface area contributed by atoms with E-state index in [0.717, 1.165) is 61.2 Å². The molecule has 7 rings (SSSR count). The molecule has 1 N–H and O–H groups in total. The van der Waals surface area contributed by atoms with Gasteiger partial charge in [0.1, 0.15) is 11.9 Å². The van der Waals surface area contributed by atoms with Gasteiger partial charge in [-0.3, -0.25) is 29.5 Å². The Hall–Kier alpha value is -4.56. The molecular weight excluding hydrogens is 543 g/mol. The monoisotopic (exact) mass is 576 g/mol. The highest BCUT2D eigenvalue weighted by molar-refractivity contribution is 6.27. The van der Waals surface area contributed by atoms with Crippen LogP contribution in [0.4, 0.5) is 15.8 Å². The number of amides is 3. The van der Waals surface area contributed by atoms with Gasteiger partial charge in [0, 0.05) is 50.1 Å². The molecule has 1 unspecified atom stereocenters. The fraction of sp³-hybridized carbons (Fsp3) is 0.286. The average molecular weight is 577 g/mol. The molecule has 2 saturated heterocycles. The predicted molar refractivity (Wildman–Crippen MR) is 165 cm³/mol. The Balaban J connectivity index is 1.07. The molecule has 4 aromatic rings. The summed E-state index contributed by atoms with van der Waals surface area (Å²) in [6, 6.07) is 22.7. The van der Waals surface area contributed by atoms with E-state index in [1.54, 1.807) is 11.0 Å². The summed E-state index contributed by atoms with van der Waals surface area (Å²) < 4.78 is 14.2. The van der Waals surface area contributed by atoms with Crippen molar-refractivity contribution in [1.29, 1.82) is 0 Å². The SMILES string of the molecule is Cc1cc(Cc2ccc3c4c(cccc24)C(=O)N3C2CCC(=O)NC2=O)ccc1CN1CCN(c2ccccc2F)CC1. The number of imide groups is 1. The van der Waals surface area contributed by atoms with Crippen LogP contribution < -0.4 is 15.1 Å². The van der Waals surface area contributed by atoms with Gasteiger partial charge in [-0.1, -0.05) is 48.5 Å². The second-order valence-corrected chi connectivity index (χ2v) is 11.8. The van der Waals surface area contributed by atoms with Crippen LogP contribution in [0, 0.1) is 12.7 Å². The van der Waals surface area contributed by atoms with Crippen molar-refractivity contribution in [1.82, 2.24) is 10.2 Å². The van der Waals surface area contributed by atoms with Crippen LogP contribution in [0.1, 0.15) is 45.5 Å². The first kappa shape index (κ1) is 27.3. The third-order valence-electron chi connectivity index (χ3n) is 9.10. The van der Waals surface area contributed by atoms with Crippen LogP contribution in [0.2, 0.25) is 0 Å². The molecule has 0 aliphatic carbocycles. The number of aryl methyl sites for hydroxylation is 1. The van der Waals surface area contributed by atoms with E-state index in [9.17, 15) is 18.8 Å². The van der Waals surface area contributed by atoms with Gasteiger partial charge in [0.2, 0.25) is 11.8 Å². The van der Waals surface area contributed by atoms with Crippen molar-refractivity contribution in [3.8, 4) is 0 Å². The van der Waals surface area contributed by atoms with Crippen LogP contribution in [0.5, 0.6) is 0 Å². The number of rotatable bonds is 6. The molecule has 218 valence electrons. The highest BCUT2D eigenvalue weighted by Crippen LogP contribution is 2.41. The fourth-order valence-electron chi connectivity index (χ4n) is 6.82. The lowest BCUT2D eigenvalue weighted by atomic mass is 9.94. The standard InChI is InChI=1S/C35H33FN4O3/c1-22-19-23(9-10-25(22)21-38-15-17-39(18-16-38)29-8-3-2-7-28(29)36)20-24-11-12-30-33-26(24)5-4-6-27(33)35(43)40(30)31-13-14-32(41)37-34(31)42/h2-12,19,31H,13-18,20-21H2,1H3,(H,37,41,42). The molecule has 2 fully saturated rings. The molecule has 43 heavy (non-hydrogen) atoms. The molecule has 3 amide bonds. The summed E-state index contributed by atoms with van der Waals surface area (Å²) in [5, 5.41) is 4.27. The Morgan fingerprint density at radius 3 is 2.42 bits per heavy atom. The van der Waals surface area contributed by atoms with Crippen molar-refractivity contribution in [3.05, 3.63) is 106 Å². The number of carbonyl (C=O) groups is 3. The Labute approximate surface area is 249 Å². The van der Waals surface area contributed by atoms with Gasteiger partial charge in [-0.2, -0.15) is 0 Å². The highest BCUT2D eigenvalue weighted by atomic mass is 19.1. The minimum atomic E-state index is -0.690. The van der Waals surface area contributed by atoms with Crippen LogP contribution in [0.3, 0.4) is 0 Å². The van der Waals surface area contributed by atoms with Crippen LogP contribution in [-0.2, 0) is 22.6 Å². The smallest absolute Gasteiger partial charge is 0.259 e. The molecular formula is C35H33FN4O3. The largest absolute Gasteiger partial charge is 0.367 e. The van der Waals surface area contributed by atoms with Gasteiger partial charge in [-0.05, 0) is 71.7 Å². The zero-order chi connectivity index (χ0) is 29.7. The van der Waals surface area contributed by atoms with Gasteiger partial charge in [0.05, 0.1) is 11.4 Å². The fourth-order valence-corrected chi connectivity index (χ4v) is 6.82. The first-order valence-electron chi connectivity index (χ1n) is 14.9. The minimum absolute atomic E-state index is 0.166. The van der Waals surface area contributed by atoms with Gasteiger partial charge < -0.3 is 4.90 Å². The van der Waals surface area contributed by atoms with E-state index < -0.39 is 11.9 Å². The van der Waals surface area contributed by atoms with Crippen molar-refractivity contribution in [2.75, 3.05) is 36.0 Å². The Bertz CT molecular complexity index is 1780. The molecule has 7 nitrogen and oxygen atoms in total. The van der Waals surface area contributed by atoms with Crippen molar-refractivity contribution < 1.29 is 18.8 Å². The quantitative estimate of drug-likeness (QED) is 0.329. The molecule has 0 spiro atoms. The van der Waals surface area contributed by atoms with Crippen LogP contribution in [0.15, 0.2) is 72.8 Å². The first-order chi connectivity index (χ1) is 20.9. The van der Waals surface area contributed by atoms with E-state index in [1.165, 1.54) is 22.8 Å². The molecule has 0 saturated carbocycles. The molecule has 3 aliphatic heterocycles. The van der Waals surface area contributed by atoms with Crippen molar-refractivity contribution in [3.63, 3.8) is 0 Å². The van der Waals surface area contributed by atoms with Crippen molar-refractivity contribution >= 4 is 39.9 Å². The zero-order valence-electron chi connectivity index (χ0n) is 24.1. The number of hydrogen-bond acceptors (Lipinski definition) is 5. The van der Waals surface area contributed by atoms with E-state index in [1.807, 2.05) is 36.4 Å². The molecule has 1 atom stereocenters. The van der Waals surface area contributed by atoms with Gasteiger partial charge >= 0.3 is 0 Å². The maximum absolute atomic E-state index is 14.2. The Morgan fingerprint density at radius 1 is 0.860 bits per heavy atom. The molecule has 4 aromatic carbocycles. The number of piperidine rings is 1. The van der Waals surface area contributed by atoms with Gasteiger partial charge in [0.25, 0.3) is 5.91 Å². The number of nitrogens with one attached hydrogen (secondary N) is 1. The lowest BCUT2D eigenvalue weighted by Gasteiger charge is -2.36. The summed E-state index contributed by atoms with van der Waals surface area (Å²) in [6.07, 6.45) is 1.26. The summed E-state index contributed by atoms with van der Waals surface area (Å²) in [4.78, 5) is 43.9. The Kier molecular flexibility index (Phi) is 6.94. The number of para-hydroxylation sites is 1. The number of nitrogens with zero attached hydrogens (tertiary/aromatic N) is 3. The normalized spacial score (nSPS) is 18.9. The number of piperazine rings is 1. The lowest BCUT2D eigenvalue weighted by molar-refractivity contribution is -0.134. The van der Waals surface area contributed by atoms with Crippen LogP contribution >= 0.6 is 0 Å². The van der Waals surface area contributed by atoms with Crippen molar-refractivity contribution in [2.45, 2.75) is 38.8 Å². The molecule has 0 bridgehead atoms. The van der Waals surface area contributed by atoms with E-state index >= 15 is 0 Å². The minimum Gasteiger partial charge on any atom is -0.367 e. The molecule has 3 heterocycles. The summed E-state index contributed by atoms with van der Waals surface area (Å²) in [5.74, 6) is -1.07. The third-order valence-corrected chi connectivity index (χ3v) is 9.10. The second-order valence-electron chi connectivity index (χ2n) is 11.8. The highest BCUT2D eigenvalue weighted by Gasteiger charge is 2.40. The number of benzene rings is 4. The second kappa shape index (κ2) is 10.9. The Morgan fingerprint density at radius 2 is 1.65 bits per heavy atom. The number of hydrogen-bond donors (Lipinski definition) is 1. The summed E-state index contributed by atoms with van der Waals surface area (Å²) >= 11 is 0. The zero-order valence-corrected chi connectivity index (χ0v) is 24.1. The van der Waals surface area contributed by atoms with Gasteiger partial charge in [-0.15, -0.1) is 0 Å². The first-order valence-corrected chi connectivity index (χ1v) is 14.9. The van der Waals surface area contributed by atoms with E-state index in [0.29, 0.717) is 17.7 Å². The average Bonchev–Trinajstić information content (AvgIpc) is 3.29. The summed E-state index contributed by atoms with van der Waals surface area (Å²) in [5.41, 5.74) is 6.84. The maximum Gasteiger partial charge on any atom is 0.259 e. The molecule has 3 aliphatic rings. The van der Waals surface area contributed by atoms with Crippen LogP contribution in [0.25, 0.3) is 10.8 Å². The topological polar surface area (TPSA) is 73.0 Å². The number of carbonyl (C=O) groups excluding carboxylic acids is 3. The van der Waals surface area contributed by atoms with Gasteiger partial charge in [-0.25, -0.2) is 4.39 Å². The maximum atomic E-state index is 14.2. The molecule has 8 heteroatoms. The summed E-state index contributed by atoms with van der Waals surface area (Å²) in [6.45, 7) is 6.36. The van der Waals surface area contributed by atoms with E-state index in [-0.39, 0.29) is 24.1 Å². The van der Waals surface area contributed by atoms with Crippen molar-refractivity contribution in [2.24, 2.45) is 0 Å². The van der Waals surface area contributed by atoms with E-state index in [2.05, 4.69) is 46.3 Å². The predicted octanol–water partition coefficient (Wildman–Crippen LogP) is 4.97.